The van der Waals surface area contributed by atoms with Crippen LogP contribution < -0.4 is 5.32 Å². The van der Waals surface area contributed by atoms with E-state index >= 15 is 0 Å². The average Bonchev–Trinajstić information content (AvgIpc) is 3.09. The number of halogens is 2. The highest BCUT2D eigenvalue weighted by Crippen LogP contribution is 2.62. The highest BCUT2D eigenvalue weighted by Gasteiger charge is 2.66. The van der Waals surface area contributed by atoms with Crippen LogP contribution in [0.1, 0.15) is 18.4 Å². The topological polar surface area (TPSA) is 96.1 Å². The lowest BCUT2D eigenvalue weighted by Crippen LogP contribution is -2.23. The molecule has 27 heavy (non-hydrogen) atoms. The minimum Gasteiger partial charge on any atom is -0.390 e. The number of hydrogen-bond donors (Lipinski definition) is 3. The number of hydrogen-bond acceptors (Lipinski definition) is 6. The van der Waals surface area contributed by atoms with E-state index in [4.69, 9.17) is 11.6 Å². The molecule has 140 valence electrons. The fraction of sp³-hybridized carbons (Fsp3) is 0.389. The molecule has 2 aromatic heterocycles. The lowest BCUT2D eigenvalue weighted by molar-refractivity contribution is 0.0246. The molecule has 2 aliphatic carbocycles. The summed E-state index contributed by atoms with van der Waals surface area (Å²) in [5.74, 6) is 0.0914. The summed E-state index contributed by atoms with van der Waals surface area (Å²) in [6.45, 7) is 0.229. The van der Waals surface area contributed by atoms with Gasteiger partial charge in [0.1, 0.15) is 5.82 Å². The Hall–Kier alpha value is -2.29. The van der Waals surface area contributed by atoms with Crippen molar-refractivity contribution < 1.29 is 14.6 Å². The standard InChI is InChI=1S/C18H17ClFN5O2/c19-17-23-15(21-7-9-3-1-2-4-11(9)20)13-16(24-17)25(8-22-13)18-5-10(18)14(27)12(26)6-18/h1-4,8,10,12,14,26-27H,5-7H2,(H,21,23,24)/t10-,12-,14+,18-/m0/s1. The van der Waals surface area contributed by atoms with Crippen molar-refractivity contribution >= 4 is 28.6 Å². The molecule has 4 atom stereocenters. The molecule has 5 rings (SSSR count). The molecule has 2 saturated carbocycles. The first-order chi connectivity index (χ1) is 13.0. The molecule has 3 aromatic rings. The summed E-state index contributed by atoms with van der Waals surface area (Å²) < 4.78 is 15.7. The van der Waals surface area contributed by atoms with Gasteiger partial charge in [-0.15, -0.1) is 0 Å². The molecule has 0 saturated heterocycles. The first-order valence-electron chi connectivity index (χ1n) is 8.74. The Balaban J connectivity index is 1.51. The number of aromatic nitrogens is 4. The van der Waals surface area contributed by atoms with E-state index in [1.165, 1.54) is 6.07 Å². The maximum atomic E-state index is 13.9. The summed E-state index contributed by atoms with van der Waals surface area (Å²) in [5, 5.41) is 23.2. The van der Waals surface area contributed by atoms with E-state index in [9.17, 15) is 14.6 Å². The van der Waals surface area contributed by atoms with Crippen LogP contribution in [0.4, 0.5) is 10.2 Å². The number of benzene rings is 1. The predicted molar refractivity (Wildman–Crippen MR) is 96.8 cm³/mol. The fourth-order valence-electron chi connectivity index (χ4n) is 4.26. The van der Waals surface area contributed by atoms with Gasteiger partial charge in [0.2, 0.25) is 5.28 Å². The quantitative estimate of drug-likeness (QED) is 0.591. The van der Waals surface area contributed by atoms with Gasteiger partial charge in [-0.3, -0.25) is 0 Å². The van der Waals surface area contributed by atoms with Crippen molar-refractivity contribution in [3.05, 3.63) is 47.3 Å². The van der Waals surface area contributed by atoms with Crippen LogP contribution in [0.5, 0.6) is 0 Å². The van der Waals surface area contributed by atoms with Gasteiger partial charge in [0.05, 0.1) is 24.1 Å². The average molecular weight is 390 g/mol. The molecular formula is C18H17ClFN5O2. The Morgan fingerprint density at radius 1 is 1.26 bits per heavy atom. The molecule has 9 heteroatoms. The molecule has 2 aliphatic rings. The Labute approximate surface area is 158 Å². The van der Waals surface area contributed by atoms with E-state index in [2.05, 4.69) is 20.3 Å². The van der Waals surface area contributed by atoms with Crippen LogP contribution in [-0.4, -0.2) is 41.9 Å². The van der Waals surface area contributed by atoms with Crippen LogP contribution in [0.2, 0.25) is 5.28 Å². The summed E-state index contributed by atoms with van der Waals surface area (Å²) in [4.78, 5) is 12.9. The normalized spacial score (nSPS) is 29.1. The summed E-state index contributed by atoms with van der Waals surface area (Å²) in [6, 6.07) is 6.49. The molecule has 0 amide bonds. The Morgan fingerprint density at radius 3 is 2.81 bits per heavy atom. The molecule has 2 heterocycles. The van der Waals surface area contributed by atoms with Crippen molar-refractivity contribution in [2.75, 3.05) is 5.32 Å². The Bertz CT molecular complexity index is 1040. The van der Waals surface area contributed by atoms with Gasteiger partial charge in [-0.25, -0.2) is 9.37 Å². The number of aliphatic hydroxyl groups is 2. The van der Waals surface area contributed by atoms with Gasteiger partial charge in [-0.2, -0.15) is 9.97 Å². The van der Waals surface area contributed by atoms with Crippen LogP contribution in [-0.2, 0) is 12.1 Å². The van der Waals surface area contributed by atoms with E-state index in [-0.39, 0.29) is 29.1 Å². The molecule has 0 spiro atoms. The predicted octanol–water partition coefficient (Wildman–Crippen LogP) is 2.07. The molecule has 0 radical (unpaired) electrons. The summed E-state index contributed by atoms with van der Waals surface area (Å²) in [7, 11) is 0. The van der Waals surface area contributed by atoms with Crippen molar-refractivity contribution in [1.82, 2.24) is 19.5 Å². The van der Waals surface area contributed by atoms with Gasteiger partial charge in [0.25, 0.3) is 0 Å². The molecule has 2 fully saturated rings. The monoisotopic (exact) mass is 389 g/mol. The molecule has 0 unspecified atom stereocenters. The number of nitrogens with zero attached hydrogens (tertiary/aromatic N) is 4. The van der Waals surface area contributed by atoms with Gasteiger partial charge < -0.3 is 20.1 Å². The zero-order valence-corrected chi connectivity index (χ0v) is 14.9. The van der Waals surface area contributed by atoms with E-state index in [1.54, 1.807) is 24.5 Å². The summed E-state index contributed by atoms with van der Waals surface area (Å²) >= 11 is 6.11. The highest BCUT2D eigenvalue weighted by atomic mass is 35.5. The van der Waals surface area contributed by atoms with Crippen LogP contribution in [0, 0.1) is 11.7 Å². The second-order valence-corrected chi connectivity index (χ2v) is 7.59. The fourth-order valence-corrected chi connectivity index (χ4v) is 4.43. The number of nitrogens with one attached hydrogen (secondary N) is 1. The zero-order chi connectivity index (χ0) is 18.8. The number of rotatable bonds is 4. The molecule has 0 bridgehead atoms. The SMILES string of the molecule is O[C@H]1[C@@H](O)C[C@@]2(n3cnc4c(NCc5ccccc5F)nc(Cl)nc43)C[C@@H]12. The molecule has 0 aliphatic heterocycles. The van der Waals surface area contributed by atoms with E-state index in [1.807, 2.05) is 4.57 Å². The first kappa shape index (κ1) is 16.9. The zero-order valence-electron chi connectivity index (χ0n) is 14.2. The second-order valence-electron chi connectivity index (χ2n) is 7.25. The van der Waals surface area contributed by atoms with Crippen LogP contribution in [0.3, 0.4) is 0 Å². The number of aliphatic hydroxyl groups excluding tert-OH is 2. The molecule has 3 N–H and O–H groups in total. The molecule has 1 aromatic carbocycles. The first-order valence-corrected chi connectivity index (χ1v) is 9.12. The lowest BCUT2D eigenvalue weighted by atomic mass is 10.1. The summed E-state index contributed by atoms with van der Waals surface area (Å²) in [6.07, 6.45) is 1.37. The maximum Gasteiger partial charge on any atom is 0.226 e. The van der Waals surface area contributed by atoms with Crippen LogP contribution >= 0.6 is 11.6 Å². The maximum absolute atomic E-state index is 13.9. The van der Waals surface area contributed by atoms with Gasteiger partial charge in [-0.05, 0) is 30.5 Å². The third kappa shape index (κ3) is 2.51. The van der Waals surface area contributed by atoms with Gasteiger partial charge in [0, 0.05) is 18.0 Å². The third-order valence-electron chi connectivity index (χ3n) is 5.73. The van der Waals surface area contributed by atoms with E-state index in [0.717, 1.165) is 6.42 Å². The summed E-state index contributed by atoms with van der Waals surface area (Å²) in [5.41, 5.74) is 1.18. The van der Waals surface area contributed by atoms with E-state index < -0.39 is 12.2 Å². The number of fused-ring (bicyclic) bond motifs is 2. The minimum absolute atomic E-state index is 0.0199. The van der Waals surface area contributed by atoms with Gasteiger partial charge in [0.15, 0.2) is 17.0 Å². The van der Waals surface area contributed by atoms with E-state index in [0.29, 0.717) is 29.0 Å². The molecular weight excluding hydrogens is 373 g/mol. The van der Waals surface area contributed by atoms with Crippen molar-refractivity contribution in [2.45, 2.75) is 37.1 Å². The minimum atomic E-state index is -0.753. The van der Waals surface area contributed by atoms with Crippen molar-refractivity contribution in [2.24, 2.45) is 5.92 Å². The van der Waals surface area contributed by atoms with Crippen molar-refractivity contribution in [3.63, 3.8) is 0 Å². The third-order valence-corrected chi connectivity index (χ3v) is 5.89. The van der Waals surface area contributed by atoms with Crippen molar-refractivity contribution in [3.8, 4) is 0 Å². The second kappa shape index (κ2) is 5.85. The molecule has 7 nitrogen and oxygen atoms in total. The van der Waals surface area contributed by atoms with Crippen LogP contribution in [0.15, 0.2) is 30.6 Å². The number of imidazole rings is 1. The van der Waals surface area contributed by atoms with Crippen LogP contribution in [0.25, 0.3) is 11.2 Å². The Morgan fingerprint density at radius 2 is 2.07 bits per heavy atom. The van der Waals surface area contributed by atoms with Gasteiger partial charge >= 0.3 is 0 Å². The smallest absolute Gasteiger partial charge is 0.226 e. The largest absolute Gasteiger partial charge is 0.390 e. The van der Waals surface area contributed by atoms with Gasteiger partial charge in [-0.1, -0.05) is 18.2 Å². The lowest BCUT2D eigenvalue weighted by Gasteiger charge is -2.16. The Kier molecular flexibility index (Phi) is 3.65. The van der Waals surface area contributed by atoms with Crippen molar-refractivity contribution in [1.29, 1.82) is 0 Å². The highest BCUT2D eigenvalue weighted by molar-refractivity contribution is 6.28. The number of anilines is 1.